The van der Waals surface area contributed by atoms with Gasteiger partial charge in [0, 0.05) is 6.20 Å². The number of hydrogen-bond acceptors (Lipinski definition) is 2. The van der Waals surface area contributed by atoms with E-state index >= 15 is 0 Å². The molecule has 1 aromatic rings. The van der Waals surface area contributed by atoms with Gasteiger partial charge in [-0.3, -0.25) is 4.79 Å². The second-order valence-electron chi connectivity index (χ2n) is 2.19. The van der Waals surface area contributed by atoms with Gasteiger partial charge in [0.05, 0.1) is 12.1 Å². The maximum Gasteiger partial charge on any atom is 0.394 e. The van der Waals surface area contributed by atoms with Crippen LogP contribution in [-0.4, -0.2) is 22.4 Å². The van der Waals surface area contributed by atoms with Crippen LogP contribution in [0.5, 0.6) is 0 Å². The van der Waals surface area contributed by atoms with Crippen molar-refractivity contribution in [1.29, 1.82) is 0 Å². The molecule has 0 aliphatic carbocycles. The number of nitrogens with one attached hydrogen (secondary N) is 1. The van der Waals surface area contributed by atoms with Crippen LogP contribution in [0.4, 0.5) is 13.2 Å². The van der Waals surface area contributed by atoms with Crippen LogP contribution in [0.25, 0.3) is 0 Å². The Hall–Kier alpha value is -1.33. The van der Waals surface area contributed by atoms with E-state index in [1.54, 1.807) is 0 Å². The van der Waals surface area contributed by atoms with Gasteiger partial charge < -0.3 is 4.98 Å². The number of aldehydes is 1. The molecule has 0 bridgehead atoms. The van der Waals surface area contributed by atoms with Crippen molar-refractivity contribution in [1.82, 2.24) is 9.97 Å². The standard InChI is InChI=1S/C6H5F3N2O/c7-6(8,9)1-4-2-10-5(3-12)11-4/h2-3H,1H2,(H,10,11). The molecule has 0 aliphatic heterocycles. The zero-order valence-electron chi connectivity index (χ0n) is 5.85. The Bertz CT molecular complexity index is 279. The zero-order valence-corrected chi connectivity index (χ0v) is 5.85. The van der Waals surface area contributed by atoms with Crippen LogP contribution in [0, 0.1) is 0 Å². The van der Waals surface area contributed by atoms with Gasteiger partial charge in [-0.15, -0.1) is 0 Å². The molecule has 1 rings (SSSR count). The normalized spacial score (nSPS) is 11.6. The van der Waals surface area contributed by atoms with Crippen LogP contribution in [0.1, 0.15) is 16.3 Å². The molecule has 0 radical (unpaired) electrons. The Balaban J connectivity index is 2.70. The molecular formula is C6H5F3N2O. The van der Waals surface area contributed by atoms with Crippen LogP contribution in [0.15, 0.2) is 6.20 Å². The second kappa shape index (κ2) is 2.96. The quantitative estimate of drug-likeness (QED) is 0.694. The number of hydrogen-bond donors (Lipinski definition) is 1. The van der Waals surface area contributed by atoms with E-state index in [2.05, 4.69) is 9.97 Å². The van der Waals surface area contributed by atoms with Gasteiger partial charge in [-0.2, -0.15) is 13.2 Å². The Morgan fingerprint density at radius 2 is 2.25 bits per heavy atom. The lowest BCUT2D eigenvalue weighted by Crippen LogP contribution is -2.11. The molecule has 3 nitrogen and oxygen atoms in total. The molecule has 1 N–H and O–H groups in total. The fourth-order valence-electron chi connectivity index (χ4n) is 0.733. The first kappa shape index (κ1) is 8.76. The van der Waals surface area contributed by atoms with E-state index in [0.29, 0.717) is 6.29 Å². The van der Waals surface area contributed by atoms with E-state index in [9.17, 15) is 18.0 Å². The number of alkyl halides is 3. The highest BCUT2D eigenvalue weighted by molar-refractivity contribution is 5.68. The third-order valence-electron chi connectivity index (χ3n) is 1.14. The summed E-state index contributed by atoms with van der Waals surface area (Å²) in [5.41, 5.74) is -0.176. The smallest absolute Gasteiger partial charge is 0.342 e. The summed E-state index contributed by atoms with van der Waals surface area (Å²) in [6.45, 7) is 0. The molecular weight excluding hydrogens is 173 g/mol. The van der Waals surface area contributed by atoms with Gasteiger partial charge >= 0.3 is 6.18 Å². The molecule has 0 fully saturated rings. The first-order valence-corrected chi connectivity index (χ1v) is 3.07. The molecule has 66 valence electrons. The van der Waals surface area contributed by atoms with Gasteiger partial charge in [0.25, 0.3) is 0 Å². The summed E-state index contributed by atoms with van der Waals surface area (Å²) in [5, 5.41) is 0. The maximum atomic E-state index is 11.7. The maximum absolute atomic E-state index is 11.7. The molecule has 0 aliphatic rings. The summed E-state index contributed by atoms with van der Waals surface area (Å²) in [7, 11) is 0. The van der Waals surface area contributed by atoms with Gasteiger partial charge in [0.2, 0.25) is 0 Å². The van der Waals surface area contributed by atoms with E-state index in [0.717, 1.165) is 6.20 Å². The largest absolute Gasteiger partial charge is 0.394 e. The minimum atomic E-state index is -4.28. The summed E-state index contributed by atoms with van der Waals surface area (Å²) in [5.74, 6) is -0.0887. The zero-order chi connectivity index (χ0) is 9.19. The Morgan fingerprint density at radius 3 is 2.67 bits per heavy atom. The molecule has 0 saturated heterocycles. The molecule has 0 saturated carbocycles. The second-order valence-corrected chi connectivity index (χ2v) is 2.19. The Labute approximate surface area is 65.6 Å². The van der Waals surface area contributed by atoms with Gasteiger partial charge in [-0.05, 0) is 0 Å². The van der Waals surface area contributed by atoms with Crippen molar-refractivity contribution < 1.29 is 18.0 Å². The van der Waals surface area contributed by atoms with E-state index in [1.807, 2.05) is 0 Å². The third kappa shape index (κ3) is 2.37. The first-order valence-electron chi connectivity index (χ1n) is 3.07. The molecule has 0 aromatic carbocycles. The monoisotopic (exact) mass is 178 g/mol. The molecule has 0 unspecified atom stereocenters. The Kier molecular flexibility index (Phi) is 2.16. The number of aromatic amines is 1. The first-order chi connectivity index (χ1) is 5.51. The minimum absolute atomic E-state index is 0.0887. The van der Waals surface area contributed by atoms with Crippen molar-refractivity contribution in [3.05, 3.63) is 17.7 Å². The molecule has 1 aromatic heterocycles. The van der Waals surface area contributed by atoms with Crippen LogP contribution in [-0.2, 0) is 6.42 Å². The van der Waals surface area contributed by atoms with E-state index in [-0.39, 0.29) is 11.5 Å². The molecule has 1 heterocycles. The van der Waals surface area contributed by atoms with Crippen molar-refractivity contribution in [3.63, 3.8) is 0 Å². The Morgan fingerprint density at radius 1 is 1.58 bits per heavy atom. The number of nitrogens with zero attached hydrogens (tertiary/aromatic N) is 1. The molecule has 12 heavy (non-hydrogen) atoms. The van der Waals surface area contributed by atoms with E-state index in [4.69, 9.17) is 0 Å². The number of imidazole rings is 1. The summed E-state index contributed by atoms with van der Waals surface area (Å²) in [4.78, 5) is 15.7. The number of carbonyl (C=O) groups excluding carboxylic acids is 1. The lowest BCUT2D eigenvalue weighted by atomic mass is 10.3. The van der Waals surface area contributed by atoms with Gasteiger partial charge in [-0.1, -0.05) is 0 Å². The lowest BCUT2D eigenvalue weighted by molar-refractivity contribution is -0.127. The SMILES string of the molecule is O=Cc1nc(CC(F)(F)F)c[nH]1. The number of rotatable bonds is 2. The lowest BCUT2D eigenvalue weighted by Gasteiger charge is -2.01. The number of aromatic nitrogens is 2. The van der Waals surface area contributed by atoms with Crippen molar-refractivity contribution in [2.45, 2.75) is 12.6 Å². The van der Waals surface area contributed by atoms with Crippen molar-refractivity contribution in [2.75, 3.05) is 0 Å². The molecule has 0 amide bonds. The summed E-state index contributed by atoms with van der Waals surface area (Å²) in [6, 6.07) is 0. The average molecular weight is 178 g/mol. The van der Waals surface area contributed by atoms with Crippen molar-refractivity contribution in [2.24, 2.45) is 0 Å². The number of carbonyl (C=O) groups is 1. The highest BCUT2D eigenvalue weighted by Gasteiger charge is 2.28. The van der Waals surface area contributed by atoms with Crippen molar-refractivity contribution >= 4 is 6.29 Å². The van der Waals surface area contributed by atoms with Gasteiger partial charge in [-0.25, -0.2) is 4.98 Å². The van der Waals surface area contributed by atoms with Crippen molar-refractivity contribution in [3.8, 4) is 0 Å². The van der Waals surface area contributed by atoms with Crippen LogP contribution in [0.2, 0.25) is 0 Å². The van der Waals surface area contributed by atoms with Gasteiger partial charge in [0.15, 0.2) is 12.1 Å². The molecule has 0 atom stereocenters. The fourth-order valence-corrected chi connectivity index (χ4v) is 0.733. The minimum Gasteiger partial charge on any atom is -0.342 e. The molecule has 6 heteroatoms. The third-order valence-corrected chi connectivity index (χ3v) is 1.14. The van der Waals surface area contributed by atoms with E-state index in [1.165, 1.54) is 0 Å². The van der Waals surface area contributed by atoms with Crippen LogP contribution in [0.3, 0.4) is 0 Å². The summed E-state index contributed by atoms with van der Waals surface area (Å²) < 4.78 is 35.1. The highest BCUT2D eigenvalue weighted by Crippen LogP contribution is 2.19. The fraction of sp³-hybridized carbons (Fsp3) is 0.333. The van der Waals surface area contributed by atoms with Crippen LogP contribution < -0.4 is 0 Å². The predicted molar refractivity (Wildman–Crippen MR) is 33.7 cm³/mol. The summed E-state index contributed by atoms with van der Waals surface area (Å²) >= 11 is 0. The number of H-pyrrole nitrogens is 1. The average Bonchev–Trinajstić information content (AvgIpc) is 2.32. The van der Waals surface area contributed by atoms with Crippen LogP contribution >= 0.6 is 0 Å². The van der Waals surface area contributed by atoms with E-state index < -0.39 is 12.6 Å². The highest BCUT2D eigenvalue weighted by atomic mass is 19.4. The predicted octanol–water partition coefficient (Wildman–Crippen LogP) is 1.33. The number of halogens is 3. The molecule has 0 spiro atoms. The van der Waals surface area contributed by atoms with Gasteiger partial charge in [0.1, 0.15) is 0 Å². The topological polar surface area (TPSA) is 45.8 Å². The summed E-state index contributed by atoms with van der Waals surface area (Å²) in [6.07, 6.45) is -3.97.